The number of fused-ring (bicyclic) bond motifs is 1. The molecule has 3 aromatic carbocycles. The third kappa shape index (κ3) is 3.96. The van der Waals surface area contributed by atoms with Crippen molar-refractivity contribution in [2.45, 2.75) is 19.9 Å². The average Bonchev–Trinajstić information content (AvgIpc) is 3.38. The van der Waals surface area contributed by atoms with Crippen molar-refractivity contribution in [3.63, 3.8) is 0 Å². The van der Waals surface area contributed by atoms with E-state index in [0.717, 1.165) is 15.8 Å². The number of anilines is 1. The summed E-state index contributed by atoms with van der Waals surface area (Å²) in [5.41, 5.74) is 3.51. The molecule has 4 aromatic rings. The number of hydrogen-bond acceptors (Lipinski definition) is 6. The van der Waals surface area contributed by atoms with E-state index < -0.39 is 17.7 Å². The quantitative estimate of drug-likeness (QED) is 0.203. The van der Waals surface area contributed by atoms with Gasteiger partial charge in [0.1, 0.15) is 11.5 Å². The highest BCUT2D eigenvalue weighted by Gasteiger charge is 2.48. The van der Waals surface area contributed by atoms with Gasteiger partial charge in [0, 0.05) is 10.6 Å². The molecule has 1 fully saturated rings. The van der Waals surface area contributed by atoms with Crippen LogP contribution in [0.2, 0.25) is 5.02 Å². The molecule has 2 heterocycles. The number of aliphatic hydroxyl groups is 1. The second-order valence-electron chi connectivity index (χ2n) is 8.37. The van der Waals surface area contributed by atoms with Crippen molar-refractivity contribution in [1.29, 1.82) is 0 Å². The second kappa shape index (κ2) is 8.83. The minimum Gasteiger partial charge on any atom is -0.507 e. The van der Waals surface area contributed by atoms with Crippen molar-refractivity contribution in [2.75, 3.05) is 12.0 Å². The molecule has 0 bridgehead atoms. The fourth-order valence-corrected chi connectivity index (χ4v) is 5.55. The minimum atomic E-state index is -0.888. The van der Waals surface area contributed by atoms with Crippen LogP contribution in [0.5, 0.6) is 5.75 Å². The normalized spacial score (nSPS) is 17.4. The monoisotopic (exact) mass is 504 g/mol. The lowest BCUT2D eigenvalue weighted by atomic mass is 9.93. The van der Waals surface area contributed by atoms with Crippen LogP contribution in [0.15, 0.2) is 66.2 Å². The van der Waals surface area contributed by atoms with E-state index in [1.54, 1.807) is 55.6 Å². The molecule has 5 rings (SSSR count). The number of thiazole rings is 1. The smallest absolute Gasteiger partial charge is 0.301 e. The Morgan fingerprint density at radius 1 is 1.09 bits per heavy atom. The van der Waals surface area contributed by atoms with Crippen molar-refractivity contribution in [1.82, 2.24) is 4.98 Å². The number of halogens is 1. The number of hydrogen-bond donors (Lipinski definition) is 1. The highest BCUT2D eigenvalue weighted by Crippen LogP contribution is 2.45. The molecule has 1 aromatic heterocycles. The molecular weight excluding hydrogens is 484 g/mol. The van der Waals surface area contributed by atoms with E-state index >= 15 is 0 Å². The van der Waals surface area contributed by atoms with Gasteiger partial charge < -0.3 is 9.84 Å². The standard InChI is InChI=1S/C27H21ClN2O4S/c1-14-7-8-15(2)19(11-14)24(31)22-23(16-5-4-6-18(12-16)34-3)30(26(33)25(22)32)27-29-20-10-9-17(28)13-21(20)35-27/h4-13,23,31H,1-3H3/b24-22+. The third-order valence-electron chi connectivity index (χ3n) is 6.05. The lowest BCUT2D eigenvalue weighted by Crippen LogP contribution is -2.29. The number of methoxy groups -OCH3 is 1. The van der Waals surface area contributed by atoms with Crippen LogP contribution in [-0.2, 0) is 9.59 Å². The van der Waals surface area contributed by atoms with Gasteiger partial charge in [0.05, 0.1) is 28.9 Å². The van der Waals surface area contributed by atoms with Crippen LogP contribution in [0.3, 0.4) is 0 Å². The predicted octanol–water partition coefficient (Wildman–Crippen LogP) is 6.20. The van der Waals surface area contributed by atoms with Gasteiger partial charge in [0.15, 0.2) is 5.13 Å². The number of carbonyl (C=O) groups excluding carboxylic acids is 2. The summed E-state index contributed by atoms with van der Waals surface area (Å²) in [7, 11) is 1.55. The zero-order chi connectivity index (χ0) is 24.9. The molecule has 1 unspecified atom stereocenters. The van der Waals surface area contributed by atoms with E-state index in [2.05, 4.69) is 4.98 Å². The second-order valence-corrected chi connectivity index (χ2v) is 9.82. The Kier molecular flexibility index (Phi) is 5.83. The van der Waals surface area contributed by atoms with Crippen LogP contribution < -0.4 is 9.64 Å². The molecule has 0 radical (unpaired) electrons. The molecule has 1 atom stereocenters. The number of carbonyl (C=O) groups is 2. The number of ketones is 1. The van der Waals surface area contributed by atoms with Gasteiger partial charge in [0.25, 0.3) is 5.78 Å². The molecule has 176 valence electrons. The first-order valence-corrected chi connectivity index (χ1v) is 12.1. The molecule has 1 saturated heterocycles. The molecule has 0 saturated carbocycles. The highest BCUT2D eigenvalue weighted by atomic mass is 35.5. The van der Waals surface area contributed by atoms with Crippen molar-refractivity contribution < 1.29 is 19.4 Å². The van der Waals surface area contributed by atoms with Crippen LogP contribution in [-0.4, -0.2) is 28.9 Å². The molecule has 35 heavy (non-hydrogen) atoms. The molecule has 1 amide bonds. The van der Waals surface area contributed by atoms with Crippen LogP contribution in [0.1, 0.15) is 28.3 Å². The Labute approximate surface area is 211 Å². The maximum atomic E-state index is 13.4. The maximum Gasteiger partial charge on any atom is 0.301 e. The average molecular weight is 505 g/mol. The van der Waals surface area contributed by atoms with Gasteiger partial charge in [-0.3, -0.25) is 14.5 Å². The largest absolute Gasteiger partial charge is 0.507 e. The summed E-state index contributed by atoms with van der Waals surface area (Å²) >= 11 is 7.41. The van der Waals surface area contributed by atoms with E-state index in [0.29, 0.717) is 32.5 Å². The molecule has 6 nitrogen and oxygen atoms in total. The predicted molar refractivity (Wildman–Crippen MR) is 138 cm³/mol. The lowest BCUT2D eigenvalue weighted by molar-refractivity contribution is -0.132. The van der Waals surface area contributed by atoms with Gasteiger partial charge in [-0.1, -0.05) is 52.8 Å². The van der Waals surface area contributed by atoms with Gasteiger partial charge in [-0.05, 0) is 61.4 Å². The number of ether oxygens (including phenoxy) is 1. The number of aromatic nitrogens is 1. The zero-order valence-corrected chi connectivity index (χ0v) is 20.8. The number of benzene rings is 3. The molecule has 1 N–H and O–H groups in total. The SMILES string of the molecule is COc1cccc(C2/C(=C(\O)c3cc(C)ccc3C)C(=O)C(=O)N2c2nc3ccc(Cl)cc3s2)c1. The van der Waals surface area contributed by atoms with Crippen LogP contribution in [0.4, 0.5) is 5.13 Å². The summed E-state index contributed by atoms with van der Waals surface area (Å²) in [6.45, 7) is 3.75. The number of amides is 1. The van der Waals surface area contributed by atoms with Crippen LogP contribution >= 0.6 is 22.9 Å². The molecule has 1 aliphatic rings. The summed E-state index contributed by atoms with van der Waals surface area (Å²) in [4.78, 5) is 32.8. The first-order chi connectivity index (χ1) is 16.8. The summed E-state index contributed by atoms with van der Waals surface area (Å²) < 4.78 is 6.18. The number of aliphatic hydroxyl groups excluding tert-OH is 1. The van der Waals surface area contributed by atoms with Crippen LogP contribution in [0.25, 0.3) is 16.0 Å². The Bertz CT molecular complexity index is 1540. The van der Waals surface area contributed by atoms with Gasteiger partial charge in [0.2, 0.25) is 0 Å². The summed E-state index contributed by atoms with van der Waals surface area (Å²) in [5, 5.41) is 12.3. The molecule has 8 heteroatoms. The van der Waals surface area contributed by atoms with Gasteiger partial charge in [-0.25, -0.2) is 4.98 Å². The van der Waals surface area contributed by atoms with E-state index in [4.69, 9.17) is 16.3 Å². The summed E-state index contributed by atoms with van der Waals surface area (Å²) in [6.07, 6.45) is 0. The first kappa shape index (κ1) is 23.1. The Morgan fingerprint density at radius 2 is 1.89 bits per heavy atom. The maximum absolute atomic E-state index is 13.4. The van der Waals surface area contributed by atoms with Crippen molar-refractivity contribution >= 4 is 55.7 Å². The van der Waals surface area contributed by atoms with E-state index in [1.165, 1.54) is 16.2 Å². The lowest BCUT2D eigenvalue weighted by Gasteiger charge is -2.23. The summed E-state index contributed by atoms with van der Waals surface area (Å²) in [6, 6.07) is 17.1. The minimum absolute atomic E-state index is 0.00856. The fourth-order valence-electron chi connectivity index (χ4n) is 4.28. The van der Waals surface area contributed by atoms with Gasteiger partial charge >= 0.3 is 5.91 Å². The summed E-state index contributed by atoms with van der Waals surface area (Å²) in [5.74, 6) is -1.18. The van der Waals surface area contributed by atoms with Crippen LogP contribution in [0, 0.1) is 13.8 Å². The number of Topliss-reactive ketones (excluding diaryl/α,β-unsaturated/α-hetero) is 1. The fraction of sp³-hybridized carbons (Fsp3) is 0.148. The zero-order valence-electron chi connectivity index (χ0n) is 19.2. The molecule has 0 aliphatic carbocycles. The molecule has 0 spiro atoms. The Morgan fingerprint density at radius 3 is 2.66 bits per heavy atom. The Hall–Kier alpha value is -3.68. The van der Waals surface area contributed by atoms with E-state index in [1.807, 2.05) is 26.0 Å². The number of rotatable bonds is 4. The van der Waals surface area contributed by atoms with Crippen molar-refractivity contribution in [3.05, 3.63) is 93.5 Å². The number of nitrogens with zero attached hydrogens (tertiary/aromatic N) is 2. The first-order valence-electron chi connectivity index (χ1n) is 10.9. The van der Waals surface area contributed by atoms with Gasteiger partial charge in [-0.2, -0.15) is 0 Å². The topological polar surface area (TPSA) is 79.7 Å². The molecular formula is C27H21ClN2O4S. The van der Waals surface area contributed by atoms with E-state index in [9.17, 15) is 14.7 Å². The van der Waals surface area contributed by atoms with E-state index in [-0.39, 0.29) is 11.3 Å². The highest BCUT2D eigenvalue weighted by molar-refractivity contribution is 7.22. The molecule has 1 aliphatic heterocycles. The Balaban J connectivity index is 1.77. The van der Waals surface area contributed by atoms with Gasteiger partial charge in [-0.15, -0.1) is 0 Å². The van der Waals surface area contributed by atoms with Crippen molar-refractivity contribution in [2.24, 2.45) is 0 Å². The van der Waals surface area contributed by atoms with Crippen molar-refractivity contribution in [3.8, 4) is 5.75 Å². The third-order valence-corrected chi connectivity index (χ3v) is 7.30. The number of aryl methyl sites for hydroxylation is 2.